The molecule has 1 aliphatic carbocycles. The lowest BCUT2D eigenvalue weighted by Gasteiger charge is -2.42. The maximum atomic E-state index is 13.0. The molecular weight excluding hydrogens is 296 g/mol. The van der Waals surface area contributed by atoms with Crippen LogP contribution in [0.4, 0.5) is 0 Å². The Morgan fingerprint density at radius 3 is 2.52 bits per heavy atom. The lowest BCUT2D eigenvalue weighted by molar-refractivity contribution is -0.151. The predicted molar refractivity (Wildman–Crippen MR) is 87.0 cm³/mol. The van der Waals surface area contributed by atoms with Crippen LogP contribution in [0, 0.1) is 11.3 Å². The summed E-state index contributed by atoms with van der Waals surface area (Å²) in [5.74, 6) is 0.0528. The van der Waals surface area contributed by atoms with Gasteiger partial charge in [0.1, 0.15) is 0 Å². The summed E-state index contributed by atoms with van der Waals surface area (Å²) in [4.78, 5) is 13.0. The molecule has 1 saturated heterocycles. The van der Waals surface area contributed by atoms with Gasteiger partial charge in [0.05, 0.1) is 12.7 Å². The molecule has 0 spiro atoms. The Balaban J connectivity index is 2.15. The van der Waals surface area contributed by atoms with E-state index in [2.05, 4.69) is 6.58 Å². The van der Waals surface area contributed by atoms with Crippen LogP contribution in [-0.2, 0) is 19.0 Å². The van der Waals surface area contributed by atoms with Gasteiger partial charge in [0.2, 0.25) is 0 Å². The summed E-state index contributed by atoms with van der Waals surface area (Å²) in [6, 6.07) is 0. The molecule has 1 N–H and O–H groups in total. The topological polar surface area (TPSA) is 68.3 Å². The smallest absolute Gasteiger partial charge is 0.173 e. The van der Waals surface area contributed by atoms with E-state index in [-0.39, 0.29) is 30.7 Å². The van der Waals surface area contributed by atoms with Gasteiger partial charge < -0.3 is 19.3 Å². The second-order valence-electron chi connectivity index (χ2n) is 6.94. The van der Waals surface area contributed by atoms with E-state index in [0.29, 0.717) is 31.6 Å². The molecule has 1 heterocycles. The van der Waals surface area contributed by atoms with E-state index in [1.165, 1.54) is 0 Å². The second-order valence-corrected chi connectivity index (χ2v) is 6.94. The first kappa shape index (κ1) is 18.6. The van der Waals surface area contributed by atoms with E-state index in [0.717, 1.165) is 6.42 Å². The number of aliphatic hydroxyl groups excluding tert-OH is 1. The van der Waals surface area contributed by atoms with Crippen LogP contribution in [0.1, 0.15) is 47.0 Å². The second kappa shape index (κ2) is 7.01. The number of carbonyl (C=O) groups excluding carboxylic acids is 1. The molecule has 0 aromatic carbocycles. The molecule has 2 fully saturated rings. The van der Waals surface area contributed by atoms with Crippen molar-refractivity contribution in [2.24, 2.45) is 11.3 Å². The van der Waals surface area contributed by atoms with Crippen LogP contribution < -0.4 is 0 Å². The highest BCUT2D eigenvalue weighted by Gasteiger charge is 2.68. The van der Waals surface area contributed by atoms with Gasteiger partial charge in [-0.3, -0.25) is 4.79 Å². The Hall–Kier alpha value is -0.750. The van der Waals surface area contributed by atoms with Gasteiger partial charge in [-0.1, -0.05) is 13.5 Å². The van der Waals surface area contributed by atoms with E-state index >= 15 is 0 Å². The Bertz CT molecular complexity index is 456. The third-order valence-corrected chi connectivity index (χ3v) is 5.43. The van der Waals surface area contributed by atoms with Crippen LogP contribution in [0.5, 0.6) is 0 Å². The number of ketones is 1. The molecule has 0 aromatic heterocycles. The Kier molecular flexibility index (Phi) is 5.67. The van der Waals surface area contributed by atoms with Crippen LogP contribution in [0.2, 0.25) is 0 Å². The third kappa shape index (κ3) is 3.38. The number of hydrogen-bond donors (Lipinski definition) is 1. The van der Waals surface area contributed by atoms with E-state index < -0.39 is 11.0 Å². The summed E-state index contributed by atoms with van der Waals surface area (Å²) in [7, 11) is 0. The van der Waals surface area contributed by atoms with Gasteiger partial charge >= 0.3 is 0 Å². The molecule has 0 radical (unpaired) electrons. The average molecular weight is 326 g/mol. The molecule has 2 aliphatic rings. The van der Waals surface area contributed by atoms with Crippen molar-refractivity contribution in [3.8, 4) is 0 Å². The van der Waals surface area contributed by atoms with Crippen molar-refractivity contribution in [2.75, 3.05) is 19.8 Å². The zero-order valence-corrected chi connectivity index (χ0v) is 14.8. The van der Waals surface area contributed by atoms with Crippen LogP contribution >= 0.6 is 0 Å². The molecule has 1 saturated carbocycles. The van der Waals surface area contributed by atoms with E-state index in [4.69, 9.17) is 14.2 Å². The highest BCUT2D eigenvalue weighted by atomic mass is 16.7. The number of Topliss-reactive ketones (excluding diaryl/α,β-unsaturated/α-hetero) is 1. The minimum Gasteiger partial charge on any atom is -0.392 e. The maximum Gasteiger partial charge on any atom is 0.173 e. The first-order valence-corrected chi connectivity index (χ1v) is 8.57. The molecule has 0 bridgehead atoms. The first-order chi connectivity index (χ1) is 10.8. The normalized spacial score (nSPS) is 36.2. The fraction of sp³-hybridized carbons (Fsp3) is 0.833. The number of carbonyl (C=O) groups is 1. The fourth-order valence-corrected chi connectivity index (χ4v) is 3.95. The van der Waals surface area contributed by atoms with Gasteiger partial charge in [-0.15, -0.1) is 0 Å². The number of hydrogen-bond acceptors (Lipinski definition) is 5. The molecule has 23 heavy (non-hydrogen) atoms. The number of epoxide rings is 1. The Morgan fingerprint density at radius 1 is 1.39 bits per heavy atom. The van der Waals surface area contributed by atoms with Crippen molar-refractivity contribution in [3.63, 3.8) is 0 Å². The molecule has 132 valence electrons. The minimum atomic E-state index is -0.659. The molecular formula is C18H30O5. The molecule has 1 aliphatic heterocycles. The van der Waals surface area contributed by atoms with Crippen molar-refractivity contribution >= 4 is 5.78 Å². The molecule has 0 aromatic rings. The number of rotatable bonds is 9. The molecule has 5 heteroatoms. The van der Waals surface area contributed by atoms with Crippen molar-refractivity contribution in [2.45, 2.75) is 65.0 Å². The minimum absolute atomic E-state index is 0.0362. The summed E-state index contributed by atoms with van der Waals surface area (Å²) in [6.45, 7) is 12.7. The lowest BCUT2D eigenvalue weighted by atomic mass is 9.59. The van der Waals surface area contributed by atoms with Crippen molar-refractivity contribution < 1.29 is 24.1 Å². The summed E-state index contributed by atoms with van der Waals surface area (Å²) < 4.78 is 16.9. The Labute approximate surface area is 139 Å². The van der Waals surface area contributed by atoms with Crippen LogP contribution in [0.25, 0.3) is 0 Å². The SMILES string of the molecule is C=C(CO)[C@H]1C[C@@H]2O[C@]2(C)C(=O)[C@]1(C)CCC(OCC)OCC. The van der Waals surface area contributed by atoms with E-state index in [1.807, 2.05) is 27.7 Å². The largest absolute Gasteiger partial charge is 0.392 e. The summed E-state index contributed by atoms with van der Waals surface area (Å²) in [5.41, 5.74) is -0.551. The van der Waals surface area contributed by atoms with Gasteiger partial charge in [0.25, 0.3) is 0 Å². The van der Waals surface area contributed by atoms with Crippen molar-refractivity contribution in [3.05, 3.63) is 12.2 Å². The molecule has 5 nitrogen and oxygen atoms in total. The average Bonchev–Trinajstić information content (AvgIpc) is 3.20. The third-order valence-electron chi connectivity index (χ3n) is 5.43. The monoisotopic (exact) mass is 326 g/mol. The van der Waals surface area contributed by atoms with Gasteiger partial charge in [-0.2, -0.15) is 0 Å². The van der Waals surface area contributed by atoms with Crippen LogP contribution in [0.15, 0.2) is 12.2 Å². The number of fused-ring (bicyclic) bond motifs is 1. The zero-order chi connectivity index (χ0) is 17.3. The van der Waals surface area contributed by atoms with E-state index in [9.17, 15) is 9.90 Å². The number of aliphatic hydroxyl groups is 1. The van der Waals surface area contributed by atoms with Crippen molar-refractivity contribution in [1.29, 1.82) is 0 Å². The zero-order valence-electron chi connectivity index (χ0n) is 14.8. The van der Waals surface area contributed by atoms with E-state index in [1.54, 1.807) is 0 Å². The Morgan fingerprint density at radius 2 is 2.00 bits per heavy atom. The standard InChI is InChI=1S/C18H30O5/c1-6-21-15(22-7-2)8-9-17(4)13(12(3)11-19)10-14-18(5,23-14)16(17)20/h13-15,19H,3,6-11H2,1-2,4-5H3/t13-,14+,17-,18+/m1/s1. The molecule has 4 atom stereocenters. The van der Waals surface area contributed by atoms with Gasteiger partial charge in [-0.05, 0) is 51.5 Å². The lowest BCUT2D eigenvalue weighted by Crippen LogP contribution is -2.49. The van der Waals surface area contributed by atoms with Gasteiger partial charge in [0.15, 0.2) is 17.7 Å². The maximum absolute atomic E-state index is 13.0. The molecule has 0 amide bonds. The number of ether oxygens (including phenoxy) is 3. The predicted octanol–water partition coefficient (Wildman–Crippen LogP) is 2.47. The first-order valence-electron chi connectivity index (χ1n) is 8.57. The highest BCUT2D eigenvalue weighted by molar-refractivity contribution is 5.96. The summed E-state index contributed by atoms with van der Waals surface area (Å²) in [5, 5.41) is 9.51. The fourth-order valence-electron chi connectivity index (χ4n) is 3.95. The summed E-state index contributed by atoms with van der Waals surface area (Å²) >= 11 is 0. The van der Waals surface area contributed by atoms with Crippen molar-refractivity contribution in [1.82, 2.24) is 0 Å². The molecule has 0 unspecified atom stereocenters. The summed E-state index contributed by atoms with van der Waals surface area (Å²) in [6.07, 6.45) is 1.67. The quantitative estimate of drug-likeness (QED) is 0.400. The van der Waals surface area contributed by atoms with Gasteiger partial charge in [-0.25, -0.2) is 0 Å². The molecule has 2 rings (SSSR count). The van der Waals surface area contributed by atoms with Gasteiger partial charge in [0, 0.05) is 18.6 Å². The van der Waals surface area contributed by atoms with Crippen LogP contribution in [0.3, 0.4) is 0 Å². The van der Waals surface area contributed by atoms with Crippen LogP contribution in [-0.4, -0.2) is 48.7 Å². The highest BCUT2D eigenvalue weighted by Crippen LogP contribution is 2.57.